The van der Waals surface area contributed by atoms with Crippen molar-refractivity contribution in [1.82, 2.24) is 0 Å². The van der Waals surface area contributed by atoms with E-state index in [4.69, 9.17) is 18.9 Å². The summed E-state index contributed by atoms with van der Waals surface area (Å²) in [4.78, 5) is 23.2. The van der Waals surface area contributed by atoms with Gasteiger partial charge in [-0.05, 0) is 36.8 Å². The van der Waals surface area contributed by atoms with E-state index >= 15 is 0 Å². The molecule has 0 saturated heterocycles. The Balaban J connectivity index is 2.03. The third-order valence-electron chi connectivity index (χ3n) is 4.55. The van der Waals surface area contributed by atoms with Gasteiger partial charge >= 0.3 is 11.9 Å². The summed E-state index contributed by atoms with van der Waals surface area (Å²) in [6.07, 6.45) is 0. The average molecular weight is 441 g/mol. The average Bonchev–Trinajstić information content (AvgIpc) is 2.77. The Morgan fingerprint density at radius 3 is 1.47 bits per heavy atom. The minimum Gasteiger partial charge on any atom is -0.489 e. The van der Waals surface area contributed by atoms with Crippen LogP contribution in [0.15, 0.2) is 60.7 Å². The van der Waals surface area contributed by atoms with E-state index in [0.717, 1.165) is 10.8 Å². The van der Waals surface area contributed by atoms with Crippen molar-refractivity contribution in [3.8, 4) is 11.5 Å². The molecular formula is C26H32O6. The molecule has 2 aromatic carbocycles. The van der Waals surface area contributed by atoms with Gasteiger partial charge in [0.15, 0.2) is 11.5 Å². The van der Waals surface area contributed by atoms with Crippen LogP contribution in [-0.2, 0) is 19.1 Å². The van der Waals surface area contributed by atoms with E-state index in [1.54, 1.807) is 13.8 Å². The molecule has 0 aliphatic carbocycles. The zero-order valence-electron chi connectivity index (χ0n) is 19.3. The quantitative estimate of drug-likeness (QED) is 0.337. The lowest BCUT2D eigenvalue weighted by atomic mass is 10.1. The number of benzene rings is 2. The summed E-state index contributed by atoms with van der Waals surface area (Å²) in [5.41, 5.74) is 0.734. The highest BCUT2D eigenvalue weighted by Gasteiger charge is 2.14. The third-order valence-corrected chi connectivity index (χ3v) is 4.55. The van der Waals surface area contributed by atoms with Crippen LogP contribution in [0.1, 0.15) is 27.7 Å². The minimum absolute atomic E-state index is 0.0156. The fourth-order valence-electron chi connectivity index (χ4n) is 2.67. The molecule has 0 heterocycles. The van der Waals surface area contributed by atoms with Crippen molar-refractivity contribution < 1.29 is 28.5 Å². The zero-order valence-corrected chi connectivity index (χ0v) is 19.3. The van der Waals surface area contributed by atoms with Crippen LogP contribution in [-0.4, -0.2) is 38.4 Å². The van der Waals surface area contributed by atoms with Crippen molar-refractivity contribution in [2.75, 3.05) is 26.4 Å². The largest absolute Gasteiger partial charge is 0.489 e. The van der Waals surface area contributed by atoms with Crippen LogP contribution in [0.5, 0.6) is 11.5 Å². The van der Waals surface area contributed by atoms with E-state index < -0.39 is 11.9 Å². The second-order valence-electron chi connectivity index (χ2n) is 8.24. The molecule has 0 aliphatic heterocycles. The molecule has 0 aliphatic rings. The molecule has 2 rings (SSSR count). The Hall–Kier alpha value is -3.28. The van der Waals surface area contributed by atoms with E-state index in [2.05, 4.69) is 13.2 Å². The molecule has 2 unspecified atom stereocenters. The van der Waals surface area contributed by atoms with Gasteiger partial charge in [0, 0.05) is 23.0 Å². The van der Waals surface area contributed by atoms with E-state index in [1.165, 1.54) is 0 Å². The number of rotatable bonds is 12. The number of ether oxygens (including phenoxy) is 4. The van der Waals surface area contributed by atoms with Gasteiger partial charge in [-0.15, -0.1) is 0 Å². The Morgan fingerprint density at radius 2 is 1.12 bits per heavy atom. The molecule has 0 fully saturated rings. The van der Waals surface area contributed by atoms with E-state index in [1.807, 2.05) is 50.2 Å². The molecule has 0 radical (unpaired) electrons. The van der Waals surface area contributed by atoms with Gasteiger partial charge in [0.2, 0.25) is 0 Å². The van der Waals surface area contributed by atoms with Crippen LogP contribution in [0.2, 0.25) is 0 Å². The first-order chi connectivity index (χ1) is 15.2. The highest BCUT2D eigenvalue weighted by Crippen LogP contribution is 2.33. The maximum atomic E-state index is 11.6. The normalized spacial score (nSPS) is 12.5. The predicted octanol–water partition coefficient (Wildman–Crippen LogP) is 5.11. The number of carbonyl (C=O) groups is 2. The third kappa shape index (κ3) is 7.76. The van der Waals surface area contributed by atoms with Gasteiger partial charge in [-0.1, -0.05) is 51.3 Å². The molecule has 2 atom stereocenters. The summed E-state index contributed by atoms with van der Waals surface area (Å²) < 4.78 is 22.4. The van der Waals surface area contributed by atoms with Gasteiger partial charge in [0.1, 0.15) is 0 Å². The first-order valence-corrected chi connectivity index (χ1v) is 10.6. The molecule has 0 spiro atoms. The maximum absolute atomic E-state index is 11.6. The summed E-state index contributed by atoms with van der Waals surface area (Å²) in [7, 11) is 0. The monoisotopic (exact) mass is 440 g/mol. The van der Waals surface area contributed by atoms with Crippen LogP contribution in [0, 0.1) is 11.8 Å². The SMILES string of the molecule is C=C(C)C(=O)OCC(C)COc1cc2ccccc2cc1OCC(C)COC(=O)C(=C)C. The molecule has 6 heteroatoms. The molecule has 0 N–H and O–H groups in total. The molecule has 0 bridgehead atoms. The second kappa shape index (κ2) is 11.9. The topological polar surface area (TPSA) is 71.1 Å². The Bertz CT molecular complexity index is 899. The zero-order chi connectivity index (χ0) is 23.7. The molecule has 6 nitrogen and oxygen atoms in total. The molecule has 0 amide bonds. The summed E-state index contributed by atoms with van der Waals surface area (Å²) in [5.74, 6) is 0.359. The molecule has 2 aromatic rings. The van der Waals surface area contributed by atoms with Crippen LogP contribution in [0.3, 0.4) is 0 Å². The smallest absolute Gasteiger partial charge is 0.333 e. The van der Waals surface area contributed by atoms with E-state index in [9.17, 15) is 9.59 Å². The summed E-state index contributed by atoms with van der Waals surface area (Å²) in [5, 5.41) is 2.05. The molecule has 0 saturated carbocycles. The van der Waals surface area contributed by atoms with Crippen molar-refractivity contribution >= 4 is 22.7 Å². The van der Waals surface area contributed by atoms with E-state index in [-0.39, 0.29) is 25.0 Å². The number of fused-ring (bicyclic) bond motifs is 1. The Kier molecular flexibility index (Phi) is 9.32. The van der Waals surface area contributed by atoms with Gasteiger partial charge < -0.3 is 18.9 Å². The Morgan fingerprint density at radius 1 is 0.750 bits per heavy atom. The lowest BCUT2D eigenvalue weighted by Gasteiger charge is -2.19. The van der Waals surface area contributed by atoms with Crippen molar-refractivity contribution in [3.63, 3.8) is 0 Å². The molecular weight excluding hydrogens is 408 g/mol. The first kappa shape index (κ1) is 25.0. The maximum Gasteiger partial charge on any atom is 0.333 e. The van der Waals surface area contributed by atoms with Gasteiger partial charge in [0.05, 0.1) is 26.4 Å². The lowest BCUT2D eigenvalue weighted by Crippen LogP contribution is -2.19. The van der Waals surface area contributed by atoms with Crippen LogP contribution in [0.25, 0.3) is 10.8 Å². The van der Waals surface area contributed by atoms with Crippen LogP contribution >= 0.6 is 0 Å². The van der Waals surface area contributed by atoms with Gasteiger partial charge in [-0.2, -0.15) is 0 Å². The number of carbonyl (C=O) groups excluding carboxylic acids is 2. The van der Waals surface area contributed by atoms with Crippen molar-refractivity contribution in [1.29, 1.82) is 0 Å². The van der Waals surface area contributed by atoms with Gasteiger partial charge in [0.25, 0.3) is 0 Å². The molecule has 0 aromatic heterocycles. The summed E-state index contributed by atoms with van der Waals surface area (Å²) >= 11 is 0. The van der Waals surface area contributed by atoms with Crippen molar-refractivity contribution in [2.24, 2.45) is 11.8 Å². The number of hydrogen-bond donors (Lipinski definition) is 0. The fourth-order valence-corrected chi connectivity index (χ4v) is 2.67. The predicted molar refractivity (Wildman–Crippen MR) is 125 cm³/mol. The van der Waals surface area contributed by atoms with Crippen molar-refractivity contribution in [2.45, 2.75) is 27.7 Å². The van der Waals surface area contributed by atoms with Gasteiger partial charge in [-0.25, -0.2) is 9.59 Å². The summed E-state index contributed by atoms with van der Waals surface area (Å²) in [6.45, 7) is 15.4. The Labute approximate surface area is 189 Å². The highest BCUT2D eigenvalue weighted by atomic mass is 16.5. The lowest BCUT2D eigenvalue weighted by molar-refractivity contribution is -0.141. The fraction of sp³-hybridized carbons (Fsp3) is 0.385. The standard InChI is InChI=1S/C26H32O6/c1-17(2)25(27)31-15-19(5)13-29-23-11-21-9-7-8-10-22(21)12-24(23)30-14-20(6)16-32-26(28)18(3)4/h7-12,19-20H,1,3,13-16H2,2,4-6H3. The van der Waals surface area contributed by atoms with Crippen molar-refractivity contribution in [3.05, 3.63) is 60.7 Å². The summed E-state index contributed by atoms with van der Waals surface area (Å²) in [6, 6.07) is 11.8. The van der Waals surface area contributed by atoms with E-state index in [0.29, 0.717) is 35.9 Å². The minimum atomic E-state index is -0.409. The number of hydrogen-bond acceptors (Lipinski definition) is 6. The molecule has 172 valence electrons. The highest BCUT2D eigenvalue weighted by molar-refractivity contribution is 5.87. The second-order valence-corrected chi connectivity index (χ2v) is 8.24. The first-order valence-electron chi connectivity index (χ1n) is 10.6. The van der Waals surface area contributed by atoms with Crippen LogP contribution in [0.4, 0.5) is 0 Å². The van der Waals surface area contributed by atoms with Crippen LogP contribution < -0.4 is 9.47 Å². The molecule has 32 heavy (non-hydrogen) atoms. The van der Waals surface area contributed by atoms with Gasteiger partial charge in [-0.3, -0.25) is 0 Å². The number of esters is 2.